The Morgan fingerprint density at radius 2 is 2.11 bits per heavy atom. The Hall–Kier alpha value is -0.580. The highest BCUT2D eigenvalue weighted by molar-refractivity contribution is 6.31. The van der Waals surface area contributed by atoms with Gasteiger partial charge in [-0.1, -0.05) is 11.6 Å². The van der Waals surface area contributed by atoms with Gasteiger partial charge in [-0.25, -0.2) is 0 Å². The lowest BCUT2D eigenvalue weighted by molar-refractivity contribution is 0.346. The second-order valence-electron chi connectivity index (χ2n) is 6.42. The summed E-state index contributed by atoms with van der Waals surface area (Å²) in [7, 11) is 4.13. The second-order valence-corrected chi connectivity index (χ2v) is 6.82. The van der Waals surface area contributed by atoms with E-state index < -0.39 is 0 Å². The van der Waals surface area contributed by atoms with Gasteiger partial charge in [-0.05, 0) is 51.1 Å². The number of hydrogen-bond donors (Lipinski definition) is 1. The minimum Gasteiger partial charge on any atom is -0.322 e. The number of likely N-dealkylation sites (N-methyl/N-ethyl adjacent to an activating group) is 1. The molecule has 0 aliphatic heterocycles. The maximum absolute atomic E-state index is 6.48. The molecule has 2 saturated carbocycles. The van der Waals surface area contributed by atoms with Gasteiger partial charge in [0.15, 0.2) is 0 Å². The molecule has 1 aromatic rings. The van der Waals surface area contributed by atoms with E-state index in [1.54, 1.807) is 6.20 Å². The first-order valence-electron chi connectivity index (χ1n) is 7.17. The van der Waals surface area contributed by atoms with E-state index in [1.807, 2.05) is 4.68 Å². The molecule has 3 atom stereocenters. The summed E-state index contributed by atoms with van der Waals surface area (Å²) in [5.74, 6) is 2.50. The standard InChI is InChI=1S/C14H23ClN4/c1-18(2)3-4-19-14(12(15)8-17-19)13(16)11-6-9-5-10(9)7-11/h8-11,13H,3-7,16H2,1-2H3. The minimum atomic E-state index is 0.0463. The van der Waals surface area contributed by atoms with Crippen molar-refractivity contribution in [3.63, 3.8) is 0 Å². The van der Waals surface area contributed by atoms with Gasteiger partial charge in [0.1, 0.15) is 0 Å². The van der Waals surface area contributed by atoms with E-state index in [-0.39, 0.29) is 6.04 Å². The van der Waals surface area contributed by atoms with Crippen LogP contribution in [-0.4, -0.2) is 35.3 Å². The van der Waals surface area contributed by atoms with Crippen LogP contribution in [0.2, 0.25) is 5.02 Å². The van der Waals surface area contributed by atoms with E-state index in [9.17, 15) is 0 Å². The lowest BCUT2D eigenvalue weighted by Gasteiger charge is -2.22. The van der Waals surface area contributed by atoms with Crippen molar-refractivity contribution >= 4 is 11.6 Å². The third kappa shape index (κ3) is 2.67. The quantitative estimate of drug-likeness (QED) is 0.900. The maximum atomic E-state index is 6.48. The fourth-order valence-electron chi connectivity index (χ4n) is 3.45. The average molecular weight is 283 g/mol. The smallest absolute Gasteiger partial charge is 0.0834 e. The predicted octanol–water partition coefficient (Wildman–Crippen LogP) is 2.14. The Balaban J connectivity index is 1.72. The summed E-state index contributed by atoms with van der Waals surface area (Å²) in [4.78, 5) is 2.15. The number of rotatable bonds is 5. The Morgan fingerprint density at radius 3 is 2.74 bits per heavy atom. The molecular formula is C14H23ClN4. The summed E-state index contributed by atoms with van der Waals surface area (Å²) >= 11 is 6.30. The third-order valence-corrected chi connectivity index (χ3v) is 4.99. The molecule has 0 radical (unpaired) electrons. The summed E-state index contributed by atoms with van der Waals surface area (Å²) in [6, 6.07) is 0.0463. The largest absolute Gasteiger partial charge is 0.322 e. The third-order valence-electron chi connectivity index (χ3n) is 4.70. The fraction of sp³-hybridized carbons (Fsp3) is 0.786. The SMILES string of the molecule is CN(C)CCn1ncc(Cl)c1C(N)C1CC2CC2C1. The number of hydrogen-bond acceptors (Lipinski definition) is 3. The molecule has 1 aromatic heterocycles. The number of halogens is 1. The number of nitrogens with zero attached hydrogens (tertiary/aromatic N) is 3. The molecule has 0 aromatic carbocycles. The van der Waals surface area contributed by atoms with Crippen molar-refractivity contribution < 1.29 is 0 Å². The monoisotopic (exact) mass is 282 g/mol. The van der Waals surface area contributed by atoms with E-state index >= 15 is 0 Å². The lowest BCUT2D eigenvalue weighted by atomic mass is 9.93. The molecule has 5 heteroatoms. The summed E-state index contributed by atoms with van der Waals surface area (Å²) in [5.41, 5.74) is 7.51. The molecule has 106 valence electrons. The van der Waals surface area contributed by atoms with Gasteiger partial charge in [0.25, 0.3) is 0 Å². The number of fused-ring (bicyclic) bond motifs is 1. The Kier molecular flexibility index (Phi) is 3.58. The van der Waals surface area contributed by atoms with Crippen LogP contribution in [0.25, 0.3) is 0 Å². The van der Waals surface area contributed by atoms with Crippen molar-refractivity contribution in [1.82, 2.24) is 14.7 Å². The van der Waals surface area contributed by atoms with Crippen molar-refractivity contribution in [3.8, 4) is 0 Å². The maximum Gasteiger partial charge on any atom is 0.0834 e. The molecule has 2 aliphatic carbocycles. The molecule has 2 fully saturated rings. The molecule has 2 N–H and O–H groups in total. The Labute approximate surface area is 119 Å². The lowest BCUT2D eigenvalue weighted by Crippen LogP contribution is -2.26. The van der Waals surface area contributed by atoms with E-state index in [0.29, 0.717) is 5.92 Å². The first-order chi connectivity index (χ1) is 9.06. The Bertz CT molecular complexity index is 446. The van der Waals surface area contributed by atoms with Crippen molar-refractivity contribution in [1.29, 1.82) is 0 Å². The highest BCUT2D eigenvalue weighted by Crippen LogP contribution is 2.56. The van der Waals surface area contributed by atoms with Gasteiger partial charge in [0.05, 0.1) is 29.5 Å². The van der Waals surface area contributed by atoms with Gasteiger partial charge in [-0.2, -0.15) is 5.10 Å². The van der Waals surface area contributed by atoms with Crippen LogP contribution in [0.5, 0.6) is 0 Å². The van der Waals surface area contributed by atoms with Crippen molar-refractivity contribution in [2.75, 3.05) is 20.6 Å². The van der Waals surface area contributed by atoms with Gasteiger partial charge in [0.2, 0.25) is 0 Å². The molecule has 0 bridgehead atoms. The zero-order valence-electron chi connectivity index (χ0n) is 11.7. The predicted molar refractivity (Wildman–Crippen MR) is 77.0 cm³/mol. The van der Waals surface area contributed by atoms with Gasteiger partial charge in [0, 0.05) is 6.54 Å². The summed E-state index contributed by atoms with van der Waals surface area (Å²) in [6.45, 7) is 1.80. The molecule has 0 spiro atoms. The Morgan fingerprint density at radius 1 is 1.42 bits per heavy atom. The number of nitrogens with two attached hydrogens (primary N) is 1. The second kappa shape index (κ2) is 5.08. The van der Waals surface area contributed by atoms with Crippen LogP contribution < -0.4 is 5.73 Å². The molecule has 0 saturated heterocycles. The highest BCUT2D eigenvalue weighted by Gasteiger charge is 2.48. The first-order valence-corrected chi connectivity index (χ1v) is 7.55. The van der Waals surface area contributed by atoms with Crippen molar-refractivity contribution in [2.24, 2.45) is 23.5 Å². The van der Waals surface area contributed by atoms with Crippen LogP contribution in [-0.2, 0) is 6.54 Å². The van der Waals surface area contributed by atoms with Crippen LogP contribution in [0.15, 0.2) is 6.20 Å². The van der Waals surface area contributed by atoms with E-state index in [1.165, 1.54) is 19.3 Å². The van der Waals surface area contributed by atoms with Gasteiger partial charge in [-0.3, -0.25) is 4.68 Å². The first kappa shape index (κ1) is 13.4. The van der Waals surface area contributed by atoms with E-state index in [4.69, 9.17) is 17.3 Å². The average Bonchev–Trinajstić information content (AvgIpc) is 2.82. The van der Waals surface area contributed by atoms with Crippen LogP contribution in [0, 0.1) is 17.8 Å². The van der Waals surface area contributed by atoms with Crippen LogP contribution in [0.4, 0.5) is 0 Å². The number of aromatic nitrogens is 2. The zero-order chi connectivity index (χ0) is 13.6. The molecule has 1 heterocycles. The fourth-order valence-corrected chi connectivity index (χ4v) is 3.72. The van der Waals surface area contributed by atoms with Gasteiger partial charge < -0.3 is 10.6 Å². The zero-order valence-corrected chi connectivity index (χ0v) is 12.5. The van der Waals surface area contributed by atoms with Gasteiger partial charge in [-0.15, -0.1) is 0 Å². The normalized spacial score (nSPS) is 30.7. The molecule has 0 amide bonds. The topological polar surface area (TPSA) is 47.1 Å². The molecule has 3 unspecified atom stereocenters. The van der Waals surface area contributed by atoms with Crippen molar-refractivity contribution in [3.05, 3.63) is 16.9 Å². The summed E-state index contributed by atoms with van der Waals surface area (Å²) in [6.07, 6.45) is 5.72. The summed E-state index contributed by atoms with van der Waals surface area (Å²) < 4.78 is 2.00. The molecule has 3 rings (SSSR count). The van der Waals surface area contributed by atoms with Crippen LogP contribution in [0.3, 0.4) is 0 Å². The van der Waals surface area contributed by atoms with Gasteiger partial charge >= 0.3 is 0 Å². The van der Waals surface area contributed by atoms with E-state index in [2.05, 4.69) is 24.1 Å². The molecule has 2 aliphatic rings. The molecular weight excluding hydrogens is 260 g/mol. The summed E-state index contributed by atoms with van der Waals surface area (Å²) in [5, 5.41) is 5.12. The highest BCUT2D eigenvalue weighted by atomic mass is 35.5. The van der Waals surface area contributed by atoms with Crippen LogP contribution >= 0.6 is 11.6 Å². The van der Waals surface area contributed by atoms with E-state index in [0.717, 1.165) is 35.6 Å². The minimum absolute atomic E-state index is 0.0463. The molecule has 4 nitrogen and oxygen atoms in total. The van der Waals surface area contributed by atoms with Crippen molar-refractivity contribution in [2.45, 2.75) is 31.8 Å². The molecule has 19 heavy (non-hydrogen) atoms. The van der Waals surface area contributed by atoms with Crippen LogP contribution in [0.1, 0.15) is 31.0 Å².